The van der Waals surface area contributed by atoms with Gasteiger partial charge in [-0.3, -0.25) is 9.59 Å². The number of H-pyrrole nitrogens is 1. The Bertz CT molecular complexity index is 855. The molecule has 2 aliphatic rings. The number of anilines is 3. The summed E-state index contributed by atoms with van der Waals surface area (Å²) in [5.74, 6) is -0.676. The number of nitrogens with one attached hydrogen (secondary N) is 4. The Morgan fingerprint density at radius 3 is 2.57 bits per heavy atom. The first-order chi connectivity index (χ1) is 10.9. The summed E-state index contributed by atoms with van der Waals surface area (Å²) in [5.41, 5.74) is 8.54. The Hall–Kier alpha value is -3.10. The number of carbonyl (C=O) groups is 2. The van der Waals surface area contributed by atoms with Crippen LogP contribution in [-0.2, 0) is 10.2 Å². The van der Waals surface area contributed by atoms with Gasteiger partial charge in [-0.1, -0.05) is 0 Å². The van der Waals surface area contributed by atoms with Gasteiger partial charge in [-0.15, -0.1) is 0 Å². The van der Waals surface area contributed by atoms with E-state index in [1.54, 1.807) is 0 Å². The molecule has 1 atom stereocenters. The molecule has 3 heterocycles. The molecule has 0 radical (unpaired) electrons. The molecule has 0 fully saturated rings. The molecule has 0 spiro atoms. The Morgan fingerprint density at radius 1 is 1.17 bits per heavy atom. The quantitative estimate of drug-likeness (QED) is 0.552. The molecule has 0 saturated heterocycles. The van der Waals surface area contributed by atoms with Crippen LogP contribution in [0, 0.1) is 0 Å². The van der Waals surface area contributed by atoms with E-state index in [1.165, 1.54) is 0 Å². The zero-order chi connectivity index (χ0) is 16.4. The van der Waals surface area contributed by atoms with Gasteiger partial charge in [0, 0.05) is 5.69 Å². The van der Waals surface area contributed by atoms with Gasteiger partial charge in [-0.2, -0.15) is 15.4 Å². The second-order valence-electron chi connectivity index (χ2n) is 6.17. The van der Waals surface area contributed by atoms with Crippen LogP contribution in [0.15, 0.2) is 12.1 Å². The van der Waals surface area contributed by atoms with Crippen molar-refractivity contribution in [3.05, 3.63) is 29.1 Å². The number of nitrogens with zero attached hydrogens (tertiary/aromatic N) is 2. The number of aromatic amines is 1. The van der Waals surface area contributed by atoms with E-state index in [-0.39, 0.29) is 11.6 Å². The van der Waals surface area contributed by atoms with Gasteiger partial charge in [0.15, 0.2) is 5.69 Å². The predicted octanol–water partition coefficient (Wildman–Crippen LogP) is 0.669. The zero-order valence-electron chi connectivity index (χ0n) is 12.5. The highest BCUT2D eigenvalue weighted by Gasteiger charge is 2.40. The molecule has 1 unspecified atom stereocenters. The summed E-state index contributed by atoms with van der Waals surface area (Å²) in [6, 6.07) is 3.80. The van der Waals surface area contributed by atoms with Crippen LogP contribution in [0.5, 0.6) is 0 Å². The molecular formula is C14H15N7O2. The molecule has 118 valence electrons. The lowest BCUT2D eigenvalue weighted by Crippen LogP contribution is -2.26. The highest BCUT2D eigenvalue weighted by Crippen LogP contribution is 2.45. The molecule has 9 heteroatoms. The van der Waals surface area contributed by atoms with Gasteiger partial charge < -0.3 is 21.7 Å². The van der Waals surface area contributed by atoms with Gasteiger partial charge in [0.25, 0.3) is 5.91 Å². The molecule has 2 aromatic rings. The van der Waals surface area contributed by atoms with E-state index in [0.717, 1.165) is 22.6 Å². The fraction of sp³-hybridized carbons (Fsp3) is 0.286. The van der Waals surface area contributed by atoms with Crippen LogP contribution in [0.3, 0.4) is 0 Å². The van der Waals surface area contributed by atoms with E-state index in [9.17, 15) is 9.59 Å². The first-order valence-corrected chi connectivity index (χ1v) is 7.11. The Balaban J connectivity index is 1.71. The molecule has 6 N–H and O–H groups in total. The molecule has 0 bridgehead atoms. The number of carbonyl (C=O) groups excluding carboxylic acids is 2. The number of benzene rings is 1. The number of primary amides is 1. The minimum Gasteiger partial charge on any atom is -0.364 e. The number of hydrogen-bond donors (Lipinski definition) is 5. The Kier molecular flexibility index (Phi) is 2.48. The maximum atomic E-state index is 12.0. The van der Waals surface area contributed by atoms with Crippen LogP contribution in [0.25, 0.3) is 0 Å². The van der Waals surface area contributed by atoms with Gasteiger partial charge in [-0.05, 0) is 31.5 Å². The number of aromatic nitrogens is 3. The van der Waals surface area contributed by atoms with Gasteiger partial charge in [-0.25, -0.2) is 0 Å². The second kappa shape index (κ2) is 4.22. The lowest BCUT2D eigenvalue weighted by atomic mass is 9.86. The van der Waals surface area contributed by atoms with Gasteiger partial charge in [0.2, 0.25) is 5.91 Å². The number of hydrogen-bond acceptors (Lipinski definition) is 6. The standard InChI is InChI=1S/C14H15N7O2/c1-14(2)5-3-7-8(4-6(5)18-13(14)23)17-12(16-7)10-9(11(15)22)19-21-20-10/h3-4,12,16-17H,1-2H3,(H2,15,22)(H,18,23)(H,19,20,21). The number of nitrogens with two attached hydrogens (primary N) is 1. The smallest absolute Gasteiger partial charge is 0.271 e. The van der Waals surface area contributed by atoms with Crippen molar-refractivity contribution in [2.75, 3.05) is 16.0 Å². The molecule has 0 saturated carbocycles. The van der Waals surface area contributed by atoms with Crippen molar-refractivity contribution in [3.63, 3.8) is 0 Å². The van der Waals surface area contributed by atoms with Crippen molar-refractivity contribution in [3.8, 4) is 0 Å². The summed E-state index contributed by atoms with van der Waals surface area (Å²) < 4.78 is 0. The molecule has 1 aromatic carbocycles. The minimum atomic E-state index is -0.649. The van der Waals surface area contributed by atoms with Crippen LogP contribution in [0.1, 0.15) is 41.8 Å². The van der Waals surface area contributed by atoms with Gasteiger partial charge >= 0.3 is 0 Å². The van der Waals surface area contributed by atoms with Crippen LogP contribution >= 0.6 is 0 Å². The summed E-state index contributed by atoms with van der Waals surface area (Å²) in [7, 11) is 0. The van der Waals surface area contributed by atoms with Crippen molar-refractivity contribution in [1.29, 1.82) is 0 Å². The van der Waals surface area contributed by atoms with E-state index >= 15 is 0 Å². The first kappa shape index (κ1) is 13.6. The third-order valence-corrected chi connectivity index (χ3v) is 4.33. The highest BCUT2D eigenvalue weighted by atomic mass is 16.2. The van der Waals surface area contributed by atoms with Crippen molar-refractivity contribution in [1.82, 2.24) is 15.4 Å². The van der Waals surface area contributed by atoms with Crippen LogP contribution in [0.4, 0.5) is 17.1 Å². The number of rotatable bonds is 2. The fourth-order valence-corrected chi connectivity index (χ4v) is 2.97. The van der Waals surface area contributed by atoms with Gasteiger partial charge in [0.05, 0.1) is 16.8 Å². The molecule has 4 rings (SSSR count). The minimum absolute atomic E-state index is 0.0276. The molecule has 2 amide bonds. The van der Waals surface area contributed by atoms with Crippen LogP contribution < -0.4 is 21.7 Å². The summed E-state index contributed by atoms with van der Waals surface area (Å²) in [4.78, 5) is 23.4. The molecule has 0 aliphatic carbocycles. The maximum absolute atomic E-state index is 12.0. The Morgan fingerprint density at radius 2 is 1.87 bits per heavy atom. The topological polar surface area (TPSA) is 138 Å². The van der Waals surface area contributed by atoms with Crippen molar-refractivity contribution < 1.29 is 9.59 Å². The molecular weight excluding hydrogens is 298 g/mol. The molecule has 2 aliphatic heterocycles. The number of amides is 2. The van der Waals surface area contributed by atoms with Crippen molar-refractivity contribution in [2.24, 2.45) is 5.73 Å². The third kappa shape index (κ3) is 1.79. The highest BCUT2D eigenvalue weighted by molar-refractivity contribution is 6.07. The molecule has 23 heavy (non-hydrogen) atoms. The largest absolute Gasteiger partial charge is 0.364 e. The Labute approximate surface area is 131 Å². The van der Waals surface area contributed by atoms with Crippen LogP contribution in [-0.4, -0.2) is 27.2 Å². The maximum Gasteiger partial charge on any atom is 0.271 e. The van der Waals surface area contributed by atoms with Gasteiger partial charge in [0.1, 0.15) is 11.9 Å². The van der Waals surface area contributed by atoms with E-state index in [0.29, 0.717) is 5.69 Å². The predicted molar refractivity (Wildman–Crippen MR) is 83.0 cm³/mol. The van der Waals surface area contributed by atoms with E-state index in [1.807, 2.05) is 26.0 Å². The van der Waals surface area contributed by atoms with Crippen molar-refractivity contribution >= 4 is 28.9 Å². The summed E-state index contributed by atoms with van der Waals surface area (Å²) in [6.07, 6.45) is -0.424. The van der Waals surface area contributed by atoms with Crippen LogP contribution in [0.2, 0.25) is 0 Å². The van der Waals surface area contributed by atoms with E-state index in [4.69, 9.17) is 5.73 Å². The zero-order valence-corrected chi connectivity index (χ0v) is 12.5. The summed E-state index contributed by atoms with van der Waals surface area (Å²) in [5, 5.41) is 19.5. The van der Waals surface area contributed by atoms with E-state index in [2.05, 4.69) is 31.4 Å². The van der Waals surface area contributed by atoms with E-state index < -0.39 is 17.5 Å². The normalized spacial score (nSPS) is 20.3. The summed E-state index contributed by atoms with van der Waals surface area (Å²) >= 11 is 0. The molecule has 1 aromatic heterocycles. The average Bonchev–Trinajstić information content (AvgIpc) is 3.15. The lowest BCUT2D eigenvalue weighted by molar-refractivity contribution is -0.119. The summed E-state index contributed by atoms with van der Waals surface area (Å²) in [6.45, 7) is 3.76. The SMILES string of the molecule is CC1(C)C(=O)Nc2cc3c(cc21)NC(c1n[nH]nc1C(N)=O)N3. The fourth-order valence-electron chi connectivity index (χ4n) is 2.97. The number of fused-ring (bicyclic) bond motifs is 2. The average molecular weight is 313 g/mol. The van der Waals surface area contributed by atoms with Crippen molar-refractivity contribution in [2.45, 2.75) is 25.4 Å². The first-order valence-electron chi connectivity index (χ1n) is 7.11. The monoisotopic (exact) mass is 313 g/mol. The lowest BCUT2D eigenvalue weighted by Gasteiger charge is -2.15. The molecule has 9 nitrogen and oxygen atoms in total. The third-order valence-electron chi connectivity index (χ3n) is 4.33. The second-order valence-corrected chi connectivity index (χ2v) is 6.17.